The van der Waals surface area contributed by atoms with E-state index in [-0.39, 0.29) is 12.5 Å². The van der Waals surface area contributed by atoms with Crippen LogP contribution in [0.4, 0.5) is 0 Å². The Hall–Kier alpha value is -2.29. The molecule has 2 aromatic carbocycles. The zero-order valence-electron chi connectivity index (χ0n) is 14.0. The van der Waals surface area contributed by atoms with E-state index in [0.29, 0.717) is 23.9 Å². The number of ether oxygens (including phenoxy) is 3. The highest BCUT2D eigenvalue weighted by Gasteiger charge is 2.10. The number of hydrogen-bond acceptors (Lipinski definition) is 5. The molecule has 0 spiro atoms. The molecule has 132 valence electrons. The molecule has 6 nitrogen and oxygen atoms in total. The van der Waals surface area contributed by atoms with Gasteiger partial charge in [-0.1, -0.05) is 18.2 Å². The second kappa shape index (κ2) is 9.87. The third-order valence-electron chi connectivity index (χ3n) is 3.05. The number of nitrogens with one attached hydrogen (secondary N) is 1. The van der Waals surface area contributed by atoms with Gasteiger partial charge in [0.1, 0.15) is 5.75 Å². The minimum Gasteiger partial charge on any atom is -0.492 e. The number of hydrazone groups is 1. The van der Waals surface area contributed by atoms with Gasteiger partial charge in [-0.25, -0.2) is 5.43 Å². The van der Waals surface area contributed by atoms with Crippen molar-refractivity contribution < 1.29 is 19.0 Å². The van der Waals surface area contributed by atoms with Crippen molar-refractivity contribution in [3.8, 4) is 17.2 Å². The van der Waals surface area contributed by atoms with Gasteiger partial charge in [0.25, 0.3) is 5.91 Å². The minimum atomic E-state index is -0.339. The first kappa shape index (κ1) is 19.0. The number of methoxy groups -OCH3 is 1. The zero-order chi connectivity index (χ0) is 18.1. The molecule has 1 N–H and O–H groups in total. The number of rotatable bonds is 8. The summed E-state index contributed by atoms with van der Waals surface area (Å²) in [7, 11) is 1.60. The third-order valence-corrected chi connectivity index (χ3v) is 3.85. The smallest absolute Gasteiger partial charge is 0.277 e. The number of carbonyl (C=O) groups is 1. The van der Waals surface area contributed by atoms with Crippen molar-refractivity contribution in [2.24, 2.45) is 5.10 Å². The Labute approximate surface area is 160 Å². The van der Waals surface area contributed by atoms with E-state index in [4.69, 9.17) is 14.2 Å². The van der Waals surface area contributed by atoms with Crippen molar-refractivity contribution in [1.82, 2.24) is 5.43 Å². The van der Waals surface area contributed by atoms with Crippen LogP contribution < -0.4 is 19.6 Å². The van der Waals surface area contributed by atoms with E-state index in [0.717, 1.165) is 9.13 Å². The van der Waals surface area contributed by atoms with Gasteiger partial charge in [-0.15, -0.1) is 0 Å². The number of amides is 1. The van der Waals surface area contributed by atoms with Crippen LogP contribution in [-0.4, -0.2) is 32.4 Å². The Morgan fingerprint density at radius 2 is 2.00 bits per heavy atom. The normalized spacial score (nSPS) is 10.5. The summed E-state index contributed by atoms with van der Waals surface area (Å²) in [4.78, 5) is 11.7. The minimum absolute atomic E-state index is 0.105. The maximum atomic E-state index is 11.7. The molecule has 25 heavy (non-hydrogen) atoms. The summed E-state index contributed by atoms with van der Waals surface area (Å²) >= 11 is 2.16. The van der Waals surface area contributed by atoms with Gasteiger partial charge in [0.15, 0.2) is 18.1 Å². The van der Waals surface area contributed by atoms with Crippen molar-refractivity contribution in [2.75, 3.05) is 20.3 Å². The van der Waals surface area contributed by atoms with Crippen LogP contribution in [0.3, 0.4) is 0 Å². The predicted molar refractivity (Wildman–Crippen MR) is 105 cm³/mol. The second-order valence-corrected chi connectivity index (χ2v) is 6.02. The van der Waals surface area contributed by atoms with Crippen LogP contribution in [0.15, 0.2) is 47.6 Å². The summed E-state index contributed by atoms with van der Waals surface area (Å²) in [6, 6.07) is 12.8. The highest BCUT2D eigenvalue weighted by atomic mass is 127. The quantitative estimate of drug-likeness (QED) is 0.378. The second-order valence-electron chi connectivity index (χ2n) is 4.86. The fourth-order valence-corrected chi connectivity index (χ4v) is 2.85. The van der Waals surface area contributed by atoms with Crippen molar-refractivity contribution in [3.63, 3.8) is 0 Å². The van der Waals surface area contributed by atoms with Crippen LogP contribution in [0.1, 0.15) is 12.5 Å². The monoisotopic (exact) mass is 454 g/mol. The number of para-hydroxylation sites is 1. The number of hydrogen-bond donors (Lipinski definition) is 1. The van der Waals surface area contributed by atoms with E-state index in [1.54, 1.807) is 31.5 Å². The SMILES string of the molecule is CCOc1cc(/C=N\NC(=O)COc2ccccc2)cc(I)c1OC. The first-order valence-corrected chi connectivity index (χ1v) is 8.72. The molecular weight excluding hydrogens is 435 g/mol. The Balaban J connectivity index is 1.93. The molecule has 0 saturated carbocycles. The molecule has 0 aliphatic heterocycles. The highest BCUT2D eigenvalue weighted by Crippen LogP contribution is 2.33. The van der Waals surface area contributed by atoms with Gasteiger partial charge in [-0.05, 0) is 59.3 Å². The number of benzene rings is 2. The Kier molecular flexibility index (Phi) is 7.52. The Morgan fingerprint density at radius 3 is 2.68 bits per heavy atom. The molecule has 0 unspecified atom stereocenters. The van der Waals surface area contributed by atoms with Gasteiger partial charge in [-0.3, -0.25) is 4.79 Å². The lowest BCUT2D eigenvalue weighted by molar-refractivity contribution is -0.123. The standard InChI is InChI=1S/C18H19IN2O4/c1-3-24-16-10-13(9-15(19)18(16)23-2)11-20-21-17(22)12-25-14-7-5-4-6-8-14/h4-11H,3,12H2,1-2H3,(H,21,22)/b20-11-. The van der Waals surface area contributed by atoms with Crippen LogP contribution in [0.2, 0.25) is 0 Å². The van der Waals surface area contributed by atoms with Crippen LogP contribution in [0.25, 0.3) is 0 Å². The number of halogens is 1. The predicted octanol–water partition coefficient (Wildman–Crippen LogP) is 3.23. The van der Waals surface area contributed by atoms with Crippen LogP contribution in [0.5, 0.6) is 17.2 Å². The average molecular weight is 454 g/mol. The van der Waals surface area contributed by atoms with E-state index in [9.17, 15) is 4.79 Å². The average Bonchev–Trinajstić information content (AvgIpc) is 2.61. The van der Waals surface area contributed by atoms with Gasteiger partial charge in [0.05, 0.1) is 23.5 Å². The maximum absolute atomic E-state index is 11.7. The largest absolute Gasteiger partial charge is 0.492 e. The summed E-state index contributed by atoms with van der Waals surface area (Å²) in [5.74, 6) is 1.61. The van der Waals surface area contributed by atoms with Crippen molar-refractivity contribution >= 4 is 34.7 Å². The van der Waals surface area contributed by atoms with E-state index in [1.807, 2.05) is 31.2 Å². The van der Waals surface area contributed by atoms with Crippen LogP contribution >= 0.6 is 22.6 Å². The fourth-order valence-electron chi connectivity index (χ4n) is 2.00. The fraction of sp³-hybridized carbons (Fsp3) is 0.222. The van der Waals surface area contributed by atoms with Gasteiger partial charge in [-0.2, -0.15) is 5.10 Å². The topological polar surface area (TPSA) is 69.2 Å². The zero-order valence-corrected chi connectivity index (χ0v) is 16.1. The lowest BCUT2D eigenvalue weighted by atomic mass is 10.2. The molecule has 0 bridgehead atoms. The summed E-state index contributed by atoms with van der Waals surface area (Å²) in [6.07, 6.45) is 1.55. The summed E-state index contributed by atoms with van der Waals surface area (Å²) in [6.45, 7) is 2.33. The van der Waals surface area contributed by atoms with E-state index < -0.39 is 0 Å². The molecule has 0 aliphatic carbocycles. The molecule has 0 saturated heterocycles. The molecule has 0 fully saturated rings. The van der Waals surface area contributed by atoms with Crippen LogP contribution in [0, 0.1) is 3.57 Å². The number of carbonyl (C=O) groups excluding carboxylic acids is 1. The summed E-state index contributed by atoms with van der Waals surface area (Å²) < 4.78 is 17.1. The lowest BCUT2D eigenvalue weighted by Gasteiger charge is -2.11. The van der Waals surface area contributed by atoms with Gasteiger partial charge in [0.2, 0.25) is 0 Å². The Morgan fingerprint density at radius 1 is 1.24 bits per heavy atom. The van der Waals surface area contributed by atoms with E-state index in [2.05, 4.69) is 33.1 Å². The van der Waals surface area contributed by atoms with Crippen molar-refractivity contribution in [2.45, 2.75) is 6.92 Å². The highest BCUT2D eigenvalue weighted by molar-refractivity contribution is 14.1. The first-order chi connectivity index (χ1) is 12.1. The summed E-state index contributed by atoms with van der Waals surface area (Å²) in [5.41, 5.74) is 3.22. The molecule has 0 aromatic heterocycles. The van der Waals surface area contributed by atoms with Gasteiger partial charge < -0.3 is 14.2 Å². The first-order valence-electron chi connectivity index (χ1n) is 7.64. The molecule has 7 heteroatoms. The molecule has 0 atom stereocenters. The van der Waals surface area contributed by atoms with Gasteiger partial charge >= 0.3 is 0 Å². The molecule has 1 amide bonds. The van der Waals surface area contributed by atoms with Crippen molar-refractivity contribution in [3.05, 3.63) is 51.6 Å². The Bertz CT molecular complexity index is 735. The van der Waals surface area contributed by atoms with Crippen molar-refractivity contribution in [1.29, 1.82) is 0 Å². The molecule has 0 radical (unpaired) electrons. The van der Waals surface area contributed by atoms with E-state index >= 15 is 0 Å². The molecule has 0 aliphatic rings. The van der Waals surface area contributed by atoms with Gasteiger partial charge in [0, 0.05) is 0 Å². The molecule has 2 rings (SSSR count). The number of nitrogens with zero attached hydrogens (tertiary/aromatic N) is 1. The summed E-state index contributed by atoms with van der Waals surface area (Å²) in [5, 5.41) is 3.95. The molecule has 0 heterocycles. The molecule has 2 aromatic rings. The third kappa shape index (κ3) is 5.93. The maximum Gasteiger partial charge on any atom is 0.277 e. The van der Waals surface area contributed by atoms with Crippen LogP contribution in [-0.2, 0) is 4.79 Å². The lowest BCUT2D eigenvalue weighted by Crippen LogP contribution is -2.24. The van der Waals surface area contributed by atoms with E-state index in [1.165, 1.54) is 0 Å². The molecular formula is C18H19IN2O4.